The van der Waals surface area contributed by atoms with Crippen LogP contribution in [0, 0.1) is 0 Å². The highest BCUT2D eigenvalue weighted by Crippen LogP contribution is 2.36. The molecule has 2 atom stereocenters. The van der Waals surface area contributed by atoms with Gasteiger partial charge in [-0.3, -0.25) is 0 Å². The standard InChI is InChI=1S/C15H21ClO3/c1-17-12-6-8-15(18-2)13(10-12)14(16)7-5-11-4-3-9-19-11/h6,8,10-11,14H,3-5,7,9H2,1-2H3. The Bertz CT molecular complexity index is 402. The summed E-state index contributed by atoms with van der Waals surface area (Å²) in [4.78, 5) is 0. The zero-order valence-electron chi connectivity index (χ0n) is 11.5. The van der Waals surface area contributed by atoms with Crippen LogP contribution in [0.3, 0.4) is 0 Å². The second-order valence-corrected chi connectivity index (χ2v) is 5.31. The third-order valence-electron chi connectivity index (χ3n) is 3.54. The molecule has 0 aromatic heterocycles. The van der Waals surface area contributed by atoms with Gasteiger partial charge in [-0.25, -0.2) is 0 Å². The van der Waals surface area contributed by atoms with E-state index in [4.69, 9.17) is 25.8 Å². The average Bonchev–Trinajstić information content (AvgIpc) is 2.97. The van der Waals surface area contributed by atoms with Gasteiger partial charge in [0.25, 0.3) is 0 Å². The molecule has 4 heteroatoms. The van der Waals surface area contributed by atoms with Crippen LogP contribution in [0.15, 0.2) is 18.2 Å². The van der Waals surface area contributed by atoms with Gasteiger partial charge in [0.1, 0.15) is 11.5 Å². The molecule has 19 heavy (non-hydrogen) atoms. The molecule has 3 nitrogen and oxygen atoms in total. The van der Waals surface area contributed by atoms with Crippen LogP contribution >= 0.6 is 11.6 Å². The molecule has 0 spiro atoms. The first-order valence-electron chi connectivity index (χ1n) is 6.72. The quantitative estimate of drug-likeness (QED) is 0.741. The van der Waals surface area contributed by atoms with Gasteiger partial charge < -0.3 is 14.2 Å². The van der Waals surface area contributed by atoms with E-state index in [1.54, 1.807) is 14.2 Å². The fraction of sp³-hybridized carbons (Fsp3) is 0.600. The van der Waals surface area contributed by atoms with Crippen molar-refractivity contribution in [1.82, 2.24) is 0 Å². The number of benzene rings is 1. The minimum Gasteiger partial charge on any atom is -0.497 e. The Hall–Kier alpha value is -0.930. The summed E-state index contributed by atoms with van der Waals surface area (Å²) in [6.07, 6.45) is 4.57. The molecule has 2 rings (SSSR count). The monoisotopic (exact) mass is 284 g/mol. The minimum atomic E-state index is -0.0748. The van der Waals surface area contributed by atoms with E-state index in [2.05, 4.69) is 0 Å². The Morgan fingerprint density at radius 3 is 2.84 bits per heavy atom. The molecule has 0 saturated carbocycles. The molecule has 1 aromatic carbocycles. The SMILES string of the molecule is COc1ccc(OC)c(C(Cl)CCC2CCCO2)c1. The molecule has 1 saturated heterocycles. The number of rotatable bonds is 6. The summed E-state index contributed by atoms with van der Waals surface area (Å²) in [5.41, 5.74) is 0.988. The normalized spacial score (nSPS) is 20.3. The average molecular weight is 285 g/mol. The van der Waals surface area contributed by atoms with E-state index in [0.29, 0.717) is 6.10 Å². The smallest absolute Gasteiger partial charge is 0.123 e. The van der Waals surface area contributed by atoms with E-state index in [-0.39, 0.29) is 5.38 Å². The number of ether oxygens (including phenoxy) is 3. The van der Waals surface area contributed by atoms with Gasteiger partial charge >= 0.3 is 0 Å². The lowest BCUT2D eigenvalue weighted by Gasteiger charge is -2.17. The van der Waals surface area contributed by atoms with Crippen molar-refractivity contribution in [2.45, 2.75) is 37.2 Å². The molecule has 106 valence electrons. The summed E-state index contributed by atoms with van der Waals surface area (Å²) in [6.45, 7) is 0.889. The Morgan fingerprint density at radius 1 is 1.37 bits per heavy atom. The molecule has 0 radical (unpaired) electrons. The van der Waals surface area contributed by atoms with E-state index in [1.165, 1.54) is 6.42 Å². The lowest BCUT2D eigenvalue weighted by atomic mass is 10.0. The van der Waals surface area contributed by atoms with E-state index in [0.717, 1.165) is 42.9 Å². The van der Waals surface area contributed by atoms with Crippen molar-refractivity contribution < 1.29 is 14.2 Å². The maximum atomic E-state index is 6.51. The number of hydrogen-bond acceptors (Lipinski definition) is 3. The number of hydrogen-bond donors (Lipinski definition) is 0. The lowest BCUT2D eigenvalue weighted by Crippen LogP contribution is -2.06. The second kappa shape index (κ2) is 7.01. The highest BCUT2D eigenvalue weighted by molar-refractivity contribution is 6.21. The van der Waals surface area contributed by atoms with Gasteiger partial charge in [-0.05, 0) is 43.9 Å². The molecule has 1 fully saturated rings. The van der Waals surface area contributed by atoms with Crippen LogP contribution in [0.2, 0.25) is 0 Å². The highest BCUT2D eigenvalue weighted by Gasteiger charge is 2.20. The number of halogens is 1. The topological polar surface area (TPSA) is 27.7 Å². The van der Waals surface area contributed by atoms with Crippen LogP contribution in [0.25, 0.3) is 0 Å². The summed E-state index contributed by atoms with van der Waals surface area (Å²) >= 11 is 6.51. The minimum absolute atomic E-state index is 0.0748. The summed E-state index contributed by atoms with van der Waals surface area (Å²) in [5, 5.41) is -0.0748. The van der Waals surface area contributed by atoms with Crippen molar-refractivity contribution in [3.05, 3.63) is 23.8 Å². The molecule has 0 amide bonds. The van der Waals surface area contributed by atoms with E-state index < -0.39 is 0 Å². The Labute approximate surface area is 119 Å². The molecule has 1 aliphatic heterocycles. The third kappa shape index (κ3) is 3.77. The first-order valence-corrected chi connectivity index (χ1v) is 7.16. The third-order valence-corrected chi connectivity index (χ3v) is 3.99. The van der Waals surface area contributed by atoms with Crippen LogP contribution in [0.4, 0.5) is 0 Å². The zero-order valence-corrected chi connectivity index (χ0v) is 12.3. The molecule has 2 unspecified atom stereocenters. The zero-order chi connectivity index (χ0) is 13.7. The van der Waals surface area contributed by atoms with Gasteiger partial charge in [-0.2, -0.15) is 0 Å². The van der Waals surface area contributed by atoms with E-state index >= 15 is 0 Å². The Morgan fingerprint density at radius 2 is 2.21 bits per heavy atom. The maximum absolute atomic E-state index is 6.51. The Kier molecular flexibility index (Phi) is 5.34. The predicted molar refractivity (Wildman–Crippen MR) is 76.3 cm³/mol. The van der Waals surface area contributed by atoms with Crippen molar-refractivity contribution in [2.75, 3.05) is 20.8 Å². The van der Waals surface area contributed by atoms with Crippen LogP contribution in [-0.2, 0) is 4.74 Å². The fourth-order valence-electron chi connectivity index (χ4n) is 2.44. The number of methoxy groups -OCH3 is 2. The highest BCUT2D eigenvalue weighted by atomic mass is 35.5. The van der Waals surface area contributed by atoms with Gasteiger partial charge in [0, 0.05) is 12.2 Å². The van der Waals surface area contributed by atoms with Crippen LogP contribution in [0.5, 0.6) is 11.5 Å². The molecular formula is C15H21ClO3. The van der Waals surface area contributed by atoms with Gasteiger partial charge in [0.05, 0.1) is 25.7 Å². The van der Waals surface area contributed by atoms with Crippen molar-refractivity contribution in [3.8, 4) is 11.5 Å². The summed E-state index contributed by atoms with van der Waals surface area (Å²) in [6, 6.07) is 5.73. The van der Waals surface area contributed by atoms with Crippen molar-refractivity contribution in [3.63, 3.8) is 0 Å². The molecule has 0 bridgehead atoms. The summed E-state index contributed by atoms with van der Waals surface area (Å²) in [5.74, 6) is 1.62. The largest absolute Gasteiger partial charge is 0.497 e. The van der Waals surface area contributed by atoms with E-state index in [9.17, 15) is 0 Å². The van der Waals surface area contributed by atoms with Crippen molar-refractivity contribution >= 4 is 11.6 Å². The van der Waals surface area contributed by atoms with Gasteiger partial charge in [-0.15, -0.1) is 11.6 Å². The first kappa shape index (κ1) is 14.5. The molecular weight excluding hydrogens is 264 g/mol. The predicted octanol–water partition coefficient (Wildman–Crippen LogP) is 3.94. The lowest BCUT2D eigenvalue weighted by molar-refractivity contribution is 0.102. The van der Waals surface area contributed by atoms with Gasteiger partial charge in [0.15, 0.2) is 0 Å². The first-order chi connectivity index (χ1) is 9.24. The summed E-state index contributed by atoms with van der Waals surface area (Å²) < 4.78 is 16.2. The second-order valence-electron chi connectivity index (χ2n) is 4.79. The molecule has 0 N–H and O–H groups in total. The fourth-order valence-corrected chi connectivity index (χ4v) is 2.74. The van der Waals surface area contributed by atoms with Crippen LogP contribution < -0.4 is 9.47 Å². The number of alkyl halides is 1. The van der Waals surface area contributed by atoms with Crippen LogP contribution in [0.1, 0.15) is 36.6 Å². The van der Waals surface area contributed by atoms with Gasteiger partial charge in [-0.1, -0.05) is 0 Å². The van der Waals surface area contributed by atoms with E-state index in [1.807, 2.05) is 18.2 Å². The molecule has 1 aliphatic rings. The molecule has 1 heterocycles. The Balaban J connectivity index is 2.01. The summed E-state index contributed by atoms with van der Waals surface area (Å²) in [7, 11) is 3.32. The van der Waals surface area contributed by atoms with Crippen molar-refractivity contribution in [2.24, 2.45) is 0 Å². The molecule has 1 aromatic rings. The van der Waals surface area contributed by atoms with Crippen molar-refractivity contribution in [1.29, 1.82) is 0 Å². The molecule has 0 aliphatic carbocycles. The van der Waals surface area contributed by atoms with Crippen LogP contribution in [-0.4, -0.2) is 26.9 Å². The van der Waals surface area contributed by atoms with Gasteiger partial charge in [0.2, 0.25) is 0 Å². The maximum Gasteiger partial charge on any atom is 0.123 e.